The molecular weight excluding hydrogens is 196 g/mol. The predicted octanol–water partition coefficient (Wildman–Crippen LogP) is 1.01. The summed E-state index contributed by atoms with van der Waals surface area (Å²) in [6.07, 6.45) is 1.18. The quantitative estimate of drug-likeness (QED) is 0.654. The minimum absolute atomic E-state index is 0.0492. The molecule has 0 aromatic rings. The first-order valence-electron chi connectivity index (χ1n) is 5.54. The fourth-order valence-corrected chi connectivity index (χ4v) is 2.62. The molecule has 1 N–H and O–H groups in total. The van der Waals surface area contributed by atoms with Crippen molar-refractivity contribution in [1.29, 1.82) is 0 Å². The van der Waals surface area contributed by atoms with E-state index in [9.17, 15) is 9.90 Å². The van der Waals surface area contributed by atoms with E-state index in [1.165, 1.54) is 0 Å². The number of aliphatic hydroxyl groups is 1. The second-order valence-corrected chi connectivity index (χ2v) is 4.78. The second-order valence-electron chi connectivity index (χ2n) is 4.78. The van der Waals surface area contributed by atoms with Gasteiger partial charge >= 0.3 is 0 Å². The van der Waals surface area contributed by atoms with Crippen LogP contribution in [0.2, 0.25) is 0 Å². The Morgan fingerprint density at radius 1 is 1.33 bits per heavy atom. The van der Waals surface area contributed by atoms with E-state index in [1.54, 1.807) is 0 Å². The Bertz CT molecular complexity index is 248. The molecule has 0 aliphatic carbocycles. The molecule has 1 spiro atoms. The average molecular weight is 214 g/mol. The zero-order valence-corrected chi connectivity index (χ0v) is 9.23. The van der Waals surface area contributed by atoms with E-state index < -0.39 is 11.9 Å². The molecule has 0 saturated carbocycles. The maximum absolute atomic E-state index is 11.5. The van der Waals surface area contributed by atoms with Crippen molar-refractivity contribution in [1.82, 2.24) is 0 Å². The minimum Gasteiger partial charge on any atom is -0.393 e. The van der Waals surface area contributed by atoms with Crippen LogP contribution in [-0.4, -0.2) is 35.0 Å². The van der Waals surface area contributed by atoms with E-state index in [1.807, 2.05) is 13.8 Å². The lowest BCUT2D eigenvalue weighted by molar-refractivity contribution is -0.313. The molecule has 2 aliphatic rings. The molecule has 0 aromatic carbocycles. The van der Waals surface area contributed by atoms with Gasteiger partial charge in [0.05, 0.1) is 24.7 Å². The molecule has 15 heavy (non-hydrogen) atoms. The van der Waals surface area contributed by atoms with Crippen LogP contribution in [0.25, 0.3) is 0 Å². The lowest BCUT2D eigenvalue weighted by atomic mass is 9.91. The van der Waals surface area contributed by atoms with Gasteiger partial charge < -0.3 is 14.6 Å². The van der Waals surface area contributed by atoms with Crippen molar-refractivity contribution in [2.75, 3.05) is 0 Å². The number of rotatable bonds is 0. The van der Waals surface area contributed by atoms with Crippen molar-refractivity contribution in [2.24, 2.45) is 0 Å². The van der Waals surface area contributed by atoms with Gasteiger partial charge in [-0.15, -0.1) is 0 Å². The Kier molecular flexibility index (Phi) is 2.83. The Labute approximate surface area is 89.6 Å². The summed E-state index contributed by atoms with van der Waals surface area (Å²) in [7, 11) is 0. The topological polar surface area (TPSA) is 55.8 Å². The van der Waals surface area contributed by atoms with Crippen LogP contribution in [0, 0.1) is 0 Å². The first-order chi connectivity index (χ1) is 6.99. The van der Waals surface area contributed by atoms with Crippen LogP contribution in [0.3, 0.4) is 0 Å². The number of Topliss-reactive ketones (excluding diaryl/α,β-unsaturated/α-hetero) is 1. The van der Waals surface area contributed by atoms with Gasteiger partial charge in [-0.05, 0) is 20.3 Å². The highest BCUT2D eigenvalue weighted by Crippen LogP contribution is 2.37. The van der Waals surface area contributed by atoms with Crippen molar-refractivity contribution in [3.05, 3.63) is 0 Å². The molecule has 2 aliphatic heterocycles. The normalized spacial score (nSPS) is 47.1. The molecule has 0 unspecified atom stereocenters. The molecule has 0 radical (unpaired) electrons. The van der Waals surface area contributed by atoms with Crippen molar-refractivity contribution in [2.45, 2.75) is 63.6 Å². The molecule has 4 nitrogen and oxygen atoms in total. The number of ketones is 1. The van der Waals surface area contributed by atoms with E-state index >= 15 is 0 Å². The molecular formula is C11H18O4. The van der Waals surface area contributed by atoms with Gasteiger partial charge in [-0.1, -0.05) is 0 Å². The average Bonchev–Trinajstić information content (AvgIpc) is 1.96. The molecule has 86 valence electrons. The van der Waals surface area contributed by atoms with Gasteiger partial charge in [-0.2, -0.15) is 0 Å². The summed E-state index contributed by atoms with van der Waals surface area (Å²) in [6.45, 7) is 3.77. The second kappa shape index (κ2) is 3.85. The Balaban J connectivity index is 2.13. The molecule has 4 atom stereocenters. The highest BCUT2D eigenvalue weighted by atomic mass is 16.7. The third-order valence-electron chi connectivity index (χ3n) is 2.96. The molecule has 2 rings (SSSR count). The maximum Gasteiger partial charge on any atom is 0.178 e. The smallest absolute Gasteiger partial charge is 0.178 e. The summed E-state index contributed by atoms with van der Waals surface area (Å²) in [5, 5.41) is 9.70. The summed E-state index contributed by atoms with van der Waals surface area (Å²) in [5.74, 6) is -0.693. The number of hydrogen-bond donors (Lipinski definition) is 1. The van der Waals surface area contributed by atoms with E-state index in [0.29, 0.717) is 19.3 Å². The molecule has 4 heteroatoms. The standard InChI is InChI=1S/C11H18O4/c1-7-3-9(12)5-11(14-7)6-10(13)4-8(2)15-11/h7-9,12H,3-6H2,1-2H3/t7-,8-,9-,11+/m1/s1. The SMILES string of the molecule is C[C@@H]1CC(=O)C[C@]2(C[C@H](O)C[C@@H](C)O2)O1. The summed E-state index contributed by atoms with van der Waals surface area (Å²) in [5.41, 5.74) is 0. The molecule has 2 saturated heterocycles. The highest BCUT2D eigenvalue weighted by Gasteiger charge is 2.46. The number of ether oxygens (including phenoxy) is 2. The number of carbonyl (C=O) groups is 1. The van der Waals surface area contributed by atoms with E-state index in [4.69, 9.17) is 9.47 Å². The van der Waals surface area contributed by atoms with Crippen LogP contribution in [0.5, 0.6) is 0 Å². The predicted molar refractivity (Wildman–Crippen MR) is 53.3 cm³/mol. The van der Waals surface area contributed by atoms with Crippen molar-refractivity contribution in [3.8, 4) is 0 Å². The van der Waals surface area contributed by atoms with Gasteiger partial charge in [0.1, 0.15) is 5.78 Å². The number of aliphatic hydroxyl groups excluding tert-OH is 1. The fraction of sp³-hybridized carbons (Fsp3) is 0.909. The lowest BCUT2D eigenvalue weighted by Crippen LogP contribution is -2.52. The lowest BCUT2D eigenvalue weighted by Gasteiger charge is -2.45. The van der Waals surface area contributed by atoms with E-state index in [-0.39, 0.29) is 24.4 Å². The van der Waals surface area contributed by atoms with Gasteiger partial charge in [-0.3, -0.25) is 4.79 Å². The largest absolute Gasteiger partial charge is 0.393 e. The highest BCUT2D eigenvalue weighted by molar-refractivity contribution is 5.80. The van der Waals surface area contributed by atoms with Crippen molar-refractivity contribution < 1.29 is 19.4 Å². The monoisotopic (exact) mass is 214 g/mol. The van der Waals surface area contributed by atoms with E-state index in [0.717, 1.165) is 0 Å². The zero-order valence-electron chi connectivity index (χ0n) is 9.23. The summed E-state index contributed by atoms with van der Waals surface area (Å²) in [4.78, 5) is 11.5. The van der Waals surface area contributed by atoms with E-state index in [2.05, 4.69) is 0 Å². The number of hydrogen-bond acceptors (Lipinski definition) is 4. The van der Waals surface area contributed by atoms with Crippen LogP contribution < -0.4 is 0 Å². The first kappa shape index (κ1) is 11.0. The number of carbonyl (C=O) groups excluding carboxylic acids is 1. The molecule has 0 bridgehead atoms. The summed E-state index contributed by atoms with van der Waals surface area (Å²) >= 11 is 0. The summed E-state index contributed by atoms with van der Waals surface area (Å²) in [6, 6.07) is 0. The molecule has 0 amide bonds. The van der Waals surface area contributed by atoms with Crippen molar-refractivity contribution >= 4 is 5.78 Å². The summed E-state index contributed by atoms with van der Waals surface area (Å²) < 4.78 is 11.4. The minimum atomic E-state index is -0.855. The van der Waals surface area contributed by atoms with Crippen LogP contribution >= 0.6 is 0 Å². The Morgan fingerprint density at radius 3 is 2.60 bits per heavy atom. The van der Waals surface area contributed by atoms with Gasteiger partial charge in [0.25, 0.3) is 0 Å². The third-order valence-corrected chi connectivity index (χ3v) is 2.96. The third kappa shape index (κ3) is 2.38. The van der Waals surface area contributed by atoms with Gasteiger partial charge in [-0.25, -0.2) is 0 Å². The van der Waals surface area contributed by atoms with Gasteiger partial charge in [0.15, 0.2) is 5.79 Å². The fourth-order valence-electron chi connectivity index (χ4n) is 2.62. The molecule has 2 fully saturated rings. The molecule has 0 aromatic heterocycles. The Morgan fingerprint density at radius 2 is 2.00 bits per heavy atom. The van der Waals surface area contributed by atoms with Crippen LogP contribution in [0.1, 0.15) is 39.5 Å². The van der Waals surface area contributed by atoms with Gasteiger partial charge in [0, 0.05) is 12.8 Å². The molecule has 2 heterocycles. The van der Waals surface area contributed by atoms with Gasteiger partial charge in [0.2, 0.25) is 0 Å². The van der Waals surface area contributed by atoms with Crippen LogP contribution in [0.4, 0.5) is 0 Å². The van der Waals surface area contributed by atoms with Crippen LogP contribution in [-0.2, 0) is 14.3 Å². The van der Waals surface area contributed by atoms with Crippen LogP contribution in [0.15, 0.2) is 0 Å². The Hall–Kier alpha value is -0.450. The first-order valence-corrected chi connectivity index (χ1v) is 5.54. The van der Waals surface area contributed by atoms with Crippen molar-refractivity contribution in [3.63, 3.8) is 0 Å². The zero-order chi connectivity index (χ0) is 11.1. The maximum atomic E-state index is 11.5.